The van der Waals surface area contributed by atoms with Gasteiger partial charge in [-0.2, -0.15) is 22.9 Å². The number of aromatic nitrogens is 3. The number of fused-ring (bicyclic) bond motifs is 1. The fourth-order valence-electron chi connectivity index (χ4n) is 3.43. The van der Waals surface area contributed by atoms with Gasteiger partial charge in [-0.3, -0.25) is 4.98 Å². The third kappa shape index (κ3) is 4.87. The van der Waals surface area contributed by atoms with Gasteiger partial charge >= 0.3 is 0 Å². The molecule has 0 unspecified atom stereocenters. The van der Waals surface area contributed by atoms with Crippen molar-refractivity contribution in [2.75, 3.05) is 27.2 Å². The molecule has 0 aliphatic rings. The van der Waals surface area contributed by atoms with Gasteiger partial charge in [-0.15, -0.1) is 0 Å². The number of ether oxygens (including phenoxy) is 1. The zero-order valence-corrected chi connectivity index (χ0v) is 19.2. The SMILES string of the molecule is CN(C)CCCOc1ccc2nccc(-c3ccn(S(=O)(=O)c4cccc(C#N)c4)n3)c2c1. The molecule has 0 N–H and O–H groups in total. The first-order valence-electron chi connectivity index (χ1n) is 10.4. The summed E-state index contributed by atoms with van der Waals surface area (Å²) in [4.78, 5) is 6.51. The first kappa shape index (κ1) is 22.5. The van der Waals surface area contributed by atoms with Crippen molar-refractivity contribution in [3.63, 3.8) is 0 Å². The summed E-state index contributed by atoms with van der Waals surface area (Å²) in [5.74, 6) is 0.718. The number of benzene rings is 2. The Morgan fingerprint density at radius 1 is 1.12 bits per heavy atom. The van der Waals surface area contributed by atoms with Crippen LogP contribution in [0.3, 0.4) is 0 Å². The van der Waals surface area contributed by atoms with Gasteiger partial charge in [0.05, 0.1) is 34.3 Å². The maximum atomic E-state index is 13.0. The Morgan fingerprint density at radius 3 is 2.76 bits per heavy atom. The van der Waals surface area contributed by atoms with Crippen molar-refractivity contribution >= 4 is 20.9 Å². The number of rotatable bonds is 8. The number of nitrogens with zero attached hydrogens (tertiary/aromatic N) is 5. The first-order chi connectivity index (χ1) is 15.9. The largest absolute Gasteiger partial charge is 0.494 e. The zero-order valence-electron chi connectivity index (χ0n) is 18.3. The third-order valence-corrected chi connectivity index (χ3v) is 6.63. The molecular formula is C24H23N5O3S. The van der Waals surface area contributed by atoms with Crippen LogP contribution in [-0.2, 0) is 10.0 Å². The van der Waals surface area contributed by atoms with Crippen molar-refractivity contribution < 1.29 is 13.2 Å². The summed E-state index contributed by atoms with van der Waals surface area (Å²) in [6.45, 7) is 1.53. The molecule has 4 rings (SSSR count). The van der Waals surface area contributed by atoms with E-state index in [1.54, 1.807) is 24.4 Å². The smallest absolute Gasteiger partial charge is 0.283 e. The molecule has 4 aromatic rings. The van der Waals surface area contributed by atoms with Crippen LogP contribution in [0.5, 0.6) is 5.75 Å². The molecule has 0 atom stereocenters. The summed E-state index contributed by atoms with van der Waals surface area (Å²) in [7, 11) is 0.111. The predicted octanol–water partition coefficient (Wildman–Crippen LogP) is 3.54. The van der Waals surface area contributed by atoms with E-state index in [1.165, 1.54) is 24.4 Å². The van der Waals surface area contributed by atoms with E-state index in [1.807, 2.05) is 38.4 Å². The molecule has 0 aliphatic heterocycles. The molecule has 0 spiro atoms. The second-order valence-corrected chi connectivity index (χ2v) is 9.56. The molecule has 2 aromatic heterocycles. The average Bonchev–Trinajstić information content (AvgIpc) is 3.32. The quantitative estimate of drug-likeness (QED) is 0.370. The van der Waals surface area contributed by atoms with Crippen LogP contribution in [-0.4, -0.2) is 54.7 Å². The van der Waals surface area contributed by atoms with Crippen LogP contribution < -0.4 is 4.74 Å². The molecule has 0 saturated carbocycles. The van der Waals surface area contributed by atoms with Gasteiger partial charge in [0.25, 0.3) is 10.0 Å². The molecule has 8 nitrogen and oxygen atoms in total. The molecule has 2 aromatic carbocycles. The second kappa shape index (κ2) is 9.40. The maximum absolute atomic E-state index is 13.0. The van der Waals surface area contributed by atoms with Gasteiger partial charge < -0.3 is 9.64 Å². The number of hydrogen-bond donors (Lipinski definition) is 0. The minimum absolute atomic E-state index is 0.00389. The molecule has 9 heteroatoms. The molecule has 0 saturated heterocycles. The van der Waals surface area contributed by atoms with E-state index in [-0.39, 0.29) is 10.5 Å². The van der Waals surface area contributed by atoms with Crippen LogP contribution >= 0.6 is 0 Å². The fraction of sp³-hybridized carbons (Fsp3) is 0.208. The van der Waals surface area contributed by atoms with Gasteiger partial charge in [-0.05, 0) is 69.0 Å². The van der Waals surface area contributed by atoms with Gasteiger partial charge in [-0.25, -0.2) is 0 Å². The van der Waals surface area contributed by atoms with Crippen LogP contribution in [0.1, 0.15) is 12.0 Å². The monoisotopic (exact) mass is 461 g/mol. The lowest BCUT2D eigenvalue weighted by molar-refractivity contribution is 0.282. The van der Waals surface area contributed by atoms with Crippen LogP contribution in [0, 0.1) is 11.3 Å². The van der Waals surface area contributed by atoms with Gasteiger partial charge in [0.15, 0.2) is 0 Å². The highest BCUT2D eigenvalue weighted by Crippen LogP contribution is 2.30. The molecule has 2 heterocycles. The Kier molecular flexibility index (Phi) is 6.40. The van der Waals surface area contributed by atoms with Crippen LogP contribution in [0.15, 0.2) is 71.9 Å². The standard InChI is InChI=1S/C24H23N5O3S/c1-28(2)12-4-14-32-19-7-8-23-22(16-19)21(9-11-26-23)24-10-13-29(27-24)33(30,31)20-6-3-5-18(15-20)17-25/h3,5-11,13,15-16H,4,12,14H2,1-2H3. The van der Waals surface area contributed by atoms with Crippen molar-refractivity contribution in [2.24, 2.45) is 0 Å². The minimum Gasteiger partial charge on any atom is -0.494 e. The van der Waals surface area contributed by atoms with E-state index in [0.717, 1.165) is 39.3 Å². The molecule has 33 heavy (non-hydrogen) atoms. The van der Waals surface area contributed by atoms with Crippen molar-refractivity contribution in [1.82, 2.24) is 19.1 Å². The highest BCUT2D eigenvalue weighted by molar-refractivity contribution is 7.89. The van der Waals surface area contributed by atoms with Gasteiger partial charge in [0.2, 0.25) is 0 Å². The van der Waals surface area contributed by atoms with Crippen molar-refractivity contribution in [3.8, 4) is 23.1 Å². The Hall–Kier alpha value is -3.74. The van der Waals surface area contributed by atoms with Crippen LogP contribution in [0.2, 0.25) is 0 Å². The lowest BCUT2D eigenvalue weighted by Gasteiger charge is -2.11. The van der Waals surface area contributed by atoms with Crippen LogP contribution in [0.25, 0.3) is 22.2 Å². The van der Waals surface area contributed by atoms with E-state index < -0.39 is 10.0 Å². The number of hydrogen-bond acceptors (Lipinski definition) is 7. The van der Waals surface area contributed by atoms with Gasteiger partial charge in [0.1, 0.15) is 5.75 Å². The molecule has 0 bridgehead atoms. The Bertz CT molecular complexity index is 1440. The average molecular weight is 462 g/mol. The topological polar surface area (TPSA) is 101 Å². The van der Waals surface area contributed by atoms with E-state index >= 15 is 0 Å². The number of pyridine rings is 1. The summed E-state index contributed by atoms with van der Waals surface area (Å²) in [5.41, 5.74) is 2.26. The number of nitriles is 1. The lowest BCUT2D eigenvalue weighted by atomic mass is 10.1. The van der Waals surface area contributed by atoms with E-state index in [2.05, 4.69) is 15.0 Å². The summed E-state index contributed by atoms with van der Waals surface area (Å²) in [6.07, 6.45) is 3.97. The fourth-order valence-corrected chi connectivity index (χ4v) is 4.59. The van der Waals surface area contributed by atoms with E-state index in [4.69, 9.17) is 10.00 Å². The molecular weight excluding hydrogens is 438 g/mol. The van der Waals surface area contributed by atoms with E-state index in [0.29, 0.717) is 12.3 Å². The van der Waals surface area contributed by atoms with Crippen molar-refractivity contribution in [2.45, 2.75) is 11.3 Å². The summed E-state index contributed by atoms with van der Waals surface area (Å²) in [5, 5.41) is 14.2. The summed E-state index contributed by atoms with van der Waals surface area (Å²) < 4.78 is 32.8. The van der Waals surface area contributed by atoms with Crippen molar-refractivity contribution in [1.29, 1.82) is 5.26 Å². The Balaban J connectivity index is 1.66. The molecule has 0 fully saturated rings. The predicted molar refractivity (Wildman–Crippen MR) is 125 cm³/mol. The Labute approximate surface area is 192 Å². The summed E-state index contributed by atoms with van der Waals surface area (Å²) >= 11 is 0. The highest BCUT2D eigenvalue weighted by Gasteiger charge is 2.20. The van der Waals surface area contributed by atoms with E-state index in [9.17, 15) is 8.42 Å². The second-order valence-electron chi connectivity index (χ2n) is 7.76. The zero-order chi connectivity index (χ0) is 23.4. The minimum atomic E-state index is -3.93. The van der Waals surface area contributed by atoms with Gasteiger partial charge in [-0.1, -0.05) is 6.07 Å². The highest BCUT2D eigenvalue weighted by atomic mass is 32.2. The lowest BCUT2D eigenvalue weighted by Crippen LogP contribution is -2.15. The Morgan fingerprint density at radius 2 is 1.97 bits per heavy atom. The molecule has 0 aliphatic carbocycles. The third-order valence-electron chi connectivity index (χ3n) is 5.08. The normalized spacial score (nSPS) is 11.6. The molecule has 0 radical (unpaired) electrons. The van der Waals surface area contributed by atoms with Gasteiger partial charge in [0, 0.05) is 29.9 Å². The van der Waals surface area contributed by atoms with Crippen LogP contribution in [0.4, 0.5) is 0 Å². The molecule has 168 valence electrons. The van der Waals surface area contributed by atoms with Crippen molar-refractivity contribution in [3.05, 3.63) is 72.6 Å². The maximum Gasteiger partial charge on any atom is 0.283 e. The summed E-state index contributed by atoms with van der Waals surface area (Å²) in [6, 6.07) is 16.9. The first-order valence-corrected chi connectivity index (χ1v) is 11.8. The molecule has 0 amide bonds.